The first-order valence-electron chi connectivity index (χ1n) is 6.97. The molecule has 0 saturated heterocycles. The topological polar surface area (TPSA) is 96.2 Å². The van der Waals surface area contributed by atoms with Crippen molar-refractivity contribution in [2.45, 2.75) is 19.6 Å². The largest absolute Gasteiger partial charge is 0.507 e. The van der Waals surface area contributed by atoms with Gasteiger partial charge in [0.05, 0.1) is 16.7 Å². The summed E-state index contributed by atoms with van der Waals surface area (Å²) in [5.74, 6) is -2.07. The van der Waals surface area contributed by atoms with E-state index in [2.05, 4.69) is 0 Å². The van der Waals surface area contributed by atoms with Crippen LogP contribution < -0.4 is 4.74 Å². The maximum atomic E-state index is 11.7. The number of benzene rings is 2. The highest BCUT2D eigenvalue weighted by Gasteiger charge is 2.42. The first kappa shape index (κ1) is 15.2. The summed E-state index contributed by atoms with van der Waals surface area (Å²) >= 11 is 0. The lowest BCUT2D eigenvalue weighted by molar-refractivity contribution is -0.160. The summed E-state index contributed by atoms with van der Waals surface area (Å²) in [5, 5.41) is 31.0. The van der Waals surface area contributed by atoms with E-state index in [4.69, 9.17) is 9.47 Å². The van der Waals surface area contributed by atoms with Gasteiger partial charge in [-0.1, -0.05) is 0 Å². The lowest BCUT2D eigenvalue weighted by Gasteiger charge is -2.37. The van der Waals surface area contributed by atoms with Gasteiger partial charge in [0.25, 0.3) is 0 Å². The Bertz CT molecular complexity index is 826. The molecule has 0 amide bonds. The number of fused-ring (bicyclic) bond motifs is 3. The van der Waals surface area contributed by atoms with Gasteiger partial charge in [-0.15, -0.1) is 0 Å². The lowest BCUT2D eigenvalue weighted by Crippen LogP contribution is -2.35. The Morgan fingerprint density at radius 3 is 2.35 bits per heavy atom. The van der Waals surface area contributed by atoms with Gasteiger partial charge >= 0.3 is 0 Å². The number of ketones is 1. The molecule has 1 aliphatic heterocycles. The fourth-order valence-electron chi connectivity index (χ4n) is 2.88. The van der Waals surface area contributed by atoms with Crippen molar-refractivity contribution in [1.82, 2.24) is 0 Å². The Morgan fingerprint density at radius 2 is 1.74 bits per heavy atom. The molecule has 0 saturated carbocycles. The molecule has 23 heavy (non-hydrogen) atoms. The monoisotopic (exact) mass is 316 g/mol. The Kier molecular flexibility index (Phi) is 3.23. The van der Waals surface area contributed by atoms with Crippen molar-refractivity contribution >= 4 is 5.78 Å². The first-order valence-corrected chi connectivity index (χ1v) is 6.97. The number of ether oxygens (including phenoxy) is 2. The Hall–Kier alpha value is -2.73. The van der Waals surface area contributed by atoms with E-state index in [1.165, 1.54) is 38.3 Å². The number of hydrogen-bond acceptors (Lipinski definition) is 6. The number of carbonyl (C=O) groups excluding carboxylic acids is 1. The number of methoxy groups -OCH3 is 1. The molecular weight excluding hydrogens is 300 g/mol. The average molecular weight is 316 g/mol. The van der Waals surface area contributed by atoms with Gasteiger partial charge in [0.1, 0.15) is 23.0 Å². The minimum Gasteiger partial charge on any atom is -0.507 e. The third kappa shape index (κ3) is 2.03. The Labute approximate surface area is 132 Å². The first-order chi connectivity index (χ1) is 10.8. The van der Waals surface area contributed by atoms with Gasteiger partial charge in [0, 0.05) is 19.6 Å². The van der Waals surface area contributed by atoms with Crippen LogP contribution in [0, 0.1) is 0 Å². The Balaban J connectivity index is 2.44. The van der Waals surface area contributed by atoms with Crippen LogP contribution in [-0.2, 0) is 10.5 Å². The zero-order chi connectivity index (χ0) is 16.9. The molecule has 1 unspecified atom stereocenters. The molecule has 120 valence electrons. The molecule has 6 nitrogen and oxygen atoms in total. The van der Waals surface area contributed by atoms with Crippen LogP contribution in [0.1, 0.15) is 29.8 Å². The highest BCUT2D eigenvalue weighted by atomic mass is 16.7. The lowest BCUT2D eigenvalue weighted by atomic mass is 9.87. The minimum absolute atomic E-state index is 0.0991. The van der Waals surface area contributed by atoms with E-state index in [0.29, 0.717) is 0 Å². The zero-order valence-corrected chi connectivity index (χ0v) is 12.9. The van der Waals surface area contributed by atoms with E-state index >= 15 is 0 Å². The molecule has 1 heterocycles. The summed E-state index contributed by atoms with van der Waals surface area (Å²) in [6.45, 7) is 2.91. The zero-order valence-electron chi connectivity index (χ0n) is 12.9. The quantitative estimate of drug-likeness (QED) is 0.582. The highest BCUT2D eigenvalue weighted by molar-refractivity contribution is 6.01. The number of carbonyl (C=O) groups is 1. The summed E-state index contributed by atoms with van der Waals surface area (Å²) in [6, 6.07) is 5.58. The van der Waals surface area contributed by atoms with Gasteiger partial charge in [-0.25, -0.2) is 0 Å². The van der Waals surface area contributed by atoms with Crippen molar-refractivity contribution in [3.63, 3.8) is 0 Å². The van der Waals surface area contributed by atoms with Crippen LogP contribution in [0.4, 0.5) is 0 Å². The average Bonchev–Trinajstić information content (AvgIpc) is 2.50. The van der Waals surface area contributed by atoms with Crippen molar-refractivity contribution < 1.29 is 29.6 Å². The molecular formula is C17H16O6. The van der Waals surface area contributed by atoms with E-state index in [1.807, 2.05) is 0 Å². The van der Waals surface area contributed by atoms with E-state index < -0.39 is 5.79 Å². The summed E-state index contributed by atoms with van der Waals surface area (Å²) in [4.78, 5) is 11.7. The summed E-state index contributed by atoms with van der Waals surface area (Å²) in [6.07, 6.45) is 0. The predicted octanol–water partition coefficient (Wildman–Crippen LogP) is 2.88. The van der Waals surface area contributed by atoms with Gasteiger partial charge in [-0.2, -0.15) is 0 Å². The van der Waals surface area contributed by atoms with Crippen LogP contribution in [0.3, 0.4) is 0 Å². The summed E-state index contributed by atoms with van der Waals surface area (Å²) < 4.78 is 11.2. The van der Waals surface area contributed by atoms with E-state index in [-0.39, 0.29) is 51.0 Å². The second-order valence-electron chi connectivity index (χ2n) is 5.50. The maximum absolute atomic E-state index is 11.7. The summed E-state index contributed by atoms with van der Waals surface area (Å²) in [7, 11) is 1.40. The molecule has 2 aromatic carbocycles. The van der Waals surface area contributed by atoms with Gasteiger partial charge in [0.15, 0.2) is 5.78 Å². The van der Waals surface area contributed by atoms with Crippen LogP contribution in [0.15, 0.2) is 24.3 Å². The summed E-state index contributed by atoms with van der Waals surface area (Å²) in [5.41, 5.74) is 0.609. The van der Waals surface area contributed by atoms with Gasteiger partial charge < -0.3 is 24.8 Å². The molecule has 0 fully saturated rings. The third-order valence-corrected chi connectivity index (χ3v) is 4.08. The molecule has 3 N–H and O–H groups in total. The predicted molar refractivity (Wildman–Crippen MR) is 81.9 cm³/mol. The molecule has 0 radical (unpaired) electrons. The van der Waals surface area contributed by atoms with Crippen LogP contribution in [0.2, 0.25) is 0 Å². The number of phenolic OH excluding ortho intramolecular Hbond substituents is 3. The number of Topliss-reactive ketones (excluding diaryl/α,β-unsaturated/α-hetero) is 1. The normalized spacial score (nSPS) is 18.7. The van der Waals surface area contributed by atoms with Crippen molar-refractivity contribution in [2.24, 2.45) is 0 Å². The fraction of sp³-hybridized carbons (Fsp3) is 0.235. The maximum Gasteiger partial charge on any atom is 0.238 e. The standard InChI is InChI=1S/C17H16O6/c1-8(18)9-4-7-12-14(16(9)21)13-10(19)5-6-11(20)15(13)17(2,22-3)23-12/h4-7,19-21H,1-3H3. The van der Waals surface area contributed by atoms with Crippen LogP contribution in [0.5, 0.6) is 23.0 Å². The second kappa shape index (κ2) is 4.89. The fourth-order valence-corrected chi connectivity index (χ4v) is 2.88. The van der Waals surface area contributed by atoms with Gasteiger partial charge in [-0.3, -0.25) is 4.79 Å². The second-order valence-corrected chi connectivity index (χ2v) is 5.50. The molecule has 3 rings (SSSR count). The number of phenols is 3. The molecule has 0 aromatic heterocycles. The van der Waals surface area contributed by atoms with Crippen molar-refractivity contribution in [2.75, 3.05) is 7.11 Å². The van der Waals surface area contributed by atoms with Gasteiger partial charge in [-0.05, 0) is 31.2 Å². The smallest absolute Gasteiger partial charge is 0.238 e. The number of hydrogen-bond donors (Lipinski definition) is 3. The molecule has 0 spiro atoms. The van der Waals surface area contributed by atoms with E-state index in [0.717, 1.165) is 0 Å². The molecule has 0 aliphatic carbocycles. The van der Waals surface area contributed by atoms with Crippen LogP contribution in [0.25, 0.3) is 11.1 Å². The van der Waals surface area contributed by atoms with E-state index in [1.54, 1.807) is 6.92 Å². The molecule has 1 aliphatic rings. The SMILES string of the molecule is COC1(C)Oc2ccc(C(C)=O)c(O)c2-c2c(O)ccc(O)c21. The molecule has 2 aromatic rings. The van der Waals surface area contributed by atoms with Crippen molar-refractivity contribution in [1.29, 1.82) is 0 Å². The van der Waals surface area contributed by atoms with Crippen LogP contribution >= 0.6 is 0 Å². The number of rotatable bonds is 2. The molecule has 1 atom stereocenters. The molecule has 0 bridgehead atoms. The van der Waals surface area contributed by atoms with Crippen molar-refractivity contribution in [3.05, 3.63) is 35.4 Å². The number of aromatic hydroxyl groups is 3. The van der Waals surface area contributed by atoms with Crippen LogP contribution in [-0.4, -0.2) is 28.2 Å². The highest BCUT2D eigenvalue weighted by Crippen LogP contribution is 2.55. The van der Waals surface area contributed by atoms with Crippen molar-refractivity contribution in [3.8, 4) is 34.1 Å². The third-order valence-electron chi connectivity index (χ3n) is 4.08. The minimum atomic E-state index is -1.35. The molecule has 6 heteroatoms. The van der Waals surface area contributed by atoms with Gasteiger partial charge in [0.2, 0.25) is 5.79 Å². The Morgan fingerprint density at radius 1 is 1.09 bits per heavy atom. The van der Waals surface area contributed by atoms with E-state index in [9.17, 15) is 20.1 Å².